The highest BCUT2D eigenvalue weighted by Crippen LogP contribution is 2.53. The second-order valence-electron chi connectivity index (χ2n) is 11.7. The minimum absolute atomic E-state index is 0.190. The number of piperidine rings is 1. The number of hydrogen-bond donors (Lipinski definition) is 0. The summed E-state index contributed by atoms with van der Waals surface area (Å²) < 4.78 is 0. The second-order valence-corrected chi connectivity index (χ2v) is 11.7. The Bertz CT molecular complexity index is 792. The third-order valence-corrected chi connectivity index (χ3v) is 8.82. The number of likely N-dealkylation sites (tertiary alicyclic amines) is 2. The fraction of sp³-hybridized carbons (Fsp3) is 0.808. The van der Waals surface area contributed by atoms with Crippen LogP contribution in [-0.2, 0) is 11.3 Å². The number of aromatic nitrogens is 2. The summed E-state index contributed by atoms with van der Waals surface area (Å²) in [6.45, 7) is 14.2. The van der Waals surface area contributed by atoms with Crippen LogP contribution in [0.15, 0.2) is 12.4 Å². The van der Waals surface area contributed by atoms with Crippen molar-refractivity contribution in [1.82, 2.24) is 19.8 Å². The Hall–Kier alpha value is -1.53. The molecule has 4 heterocycles. The van der Waals surface area contributed by atoms with E-state index in [0.717, 1.165) is 51.5 Å². The van der Waals surface area contributed by atoms with Crippen LogP contribution in [0.25, 0.3) is 0 Å². The Morgan fingerprint density at radius 1 is 1.03 bits per heavy atom. The van der Waals surface area contributed by atoms with Gasteiger partial charge in [0.1, 0.15) is 5.78 Å². The van der Waals surface area contributed by atoms with E-state index in [4.69, 9.17) is 9.97 Å². The number of carbonyl (C=O) groups is 1. The summed E-state index contributed by atoms with van der Waals surface area (Å²) in [5.74, 6) is 1.93. The molecule has 2 bridgehead atoms. The number of piperazine rings is 1. The lowest BCUT2D eigenvalue weighted by molar-refractivity contribution is -0.135. The van der Waals surface area contributed by atoms with Crippen molar-refractivity contribution in [3.8, 4) is 0 Å². The van der Waals surface area contributed by atoms with Crippen molar-refractivity contribution in [1.29, 1.82) is 0 Å². The van der Waals surface area contributed by atoms with Gasteiger partial charge in [-0.05, 0) is 70.9 Å². The van der Waals surface area contributed by atoms with Gasteiger partial charge >= 0.3 is 0 Å². The molecule has 0 amide bonds. The van der Waals surface area contributed by atoms with Gasteiger partial charge in [0.2, 0.25) is 5.95 Å². The number of anilines is 1. The molecule has 176 valence electrons. The van der Waals surface area contributed by atoms with Gasteiger partial charge in [-0.3, -0.25) is 14.6 Å². The third kappa shape index (κ3) is 4.21. The number of rotatable bonds is 6. The molecule has 1 aromatic rings. The molecule has 1 aromatic heterocycles. The predicted molar refractivity (Wildman–Crippen MR) is 128 cm³/mol. The number of hydrogen-bond acceptors (Lipinski definition) is 6. The molecular weight excluding hydrogens is 398 g/mol. The molecule has 3 aliphatic heterocycles. The highest BCUT2D eigenvalue weighted by Gasteiger charge is 2.48. The van der Waals surface area contributed by atoms with Gasteiger partial charge in [0.05, 0.1) is 0 Å². The van der Waals surface area contributed by atoms with Gasteiger partial charge in [0, 0.05) is 67.6 Å². The highest BCUT2D eigenvalue weighted by atomic mass is 16.1. The van der Waals surface area contributed by atoms with Crippen molar-refractivity contribution in [2.24, 2.45) is 17.3 Å². The first-order valence-electron chi connectivity index (χ1n) is 12.9. The molecule has 4 aliphatic rings. The van der Waals surface area contributed by atoms with Gasteiger partial charge < -0.3 is 4.90 Å². The summed E-state index contributed by atoms with van der Waals surface area (Å²) in [5.41, 5.74) is 1.67. The van der Waals surface area contributed by atoms with Crippen LogP contribution in [0, 0.1) is 17.3 Å². The Morgan fingerprint density at radius 3 is 2.16 bits per heavy atom. The van der Waals surface area contributed by atoms with E-state index in [9.17, 15) is 4.79 Å². The van der Waals surface area contributed by atoms with Crippen LogP contribution < -0.4 is 4.90 Å². The predicted octanol–water partition coefficient (Wildman–Crippen LogP) is 3.76. The van der Waals surface area contributed by atoms with Crippen LogP contribution in [0.3, 0.4) is 0 Å². The topological polar surface area (TPSA) is 52.6 Å². The maximum atomic E-state index is 12.3. The van der Waals surface area contributed by atoms with Crippen molar-refractivity contribution in [2.75, 3.05) is 31.1 Å². The molecule has 4 fully saturated rings. The largest absolute Gasteiger partial charge is 0.332 e. The van der Waals surface area contributed by atoms with Crippen LogP contribution in [0.2, 0.25) is 0 Å². The molecule has 0 N–H and O–H groups in total. The minimum atomic E-state index is 0.190. The first-order chi connectivity index (χ1) is 15.3. The summed E-state index contributed by atoms with van der Waals surface area (Å²) in [4.78, 5) is 29.5. The third-order valence-electron chi connectivity index (χ3n) is 8.82. The number of fused-ring (bicyclic) bond motifs is 2. The smallest absolute Gasteiger partial charge is 0.225 e. The summed E-state index contributed by atoms with van der Waals surface area (Å²) in [6, 6.07) is 1.75. The summed E-state index contributed by atoms with van der Waals surface area (Å²) in [6.07, 6.45) is 11.4. The molecule has 1 spiro atoms. The Balaban J connectivity index is 1.12. The van der Waals surface area contributed by atoms with Crippen LogP contribution in [-0.4, -0.2) is 69.9 Å². The Morgan fingerprint density at radius 2 is 1.62 bits per heavy atom. The van der Waals surface area contributed by atoms with Crippen molar-refractivity contribution in [3.63, 3.8) is 0 Å². The molecule has 0 aromatic carbocycles. The molecule has 0 radical (unpaired) electrons. The summed E-state index contributed by atoms with van der Waals surface area (Å²) in [5, 5.41) is 0. The van der Waals surface area contributed by atoms with Crippen molar-refractivity contribution in [3.05, 3.63) is 18.0 Å². The van der Waals surface area contributed by atoms with Gasteiger partial charge in [-0.1, -0.05) is 13.8 Å². The molecule has 3 saturated heterocycles. The average molecular weight is 440 g/mol. The maximum absolute atomic E-state index is 12.3. The monoisotopic (exact) mass is 439 g/mol. The van der Waals surface area contributed by atoms with Gasteiger partial charge in [-0.25, -0.2) is 9.97 Å². The first kappa shape index (κ1) is 22.3. The molecule has 6 heteroatoms. The van der Waals surface area contributed by atoms with E-state index in [1.54, 1.807) is 0 Å². The van der Waals surface area contributed by atoms with Crippen molar-refractivity contribution >= 4 is 11.7 Å². The van der Waals surface area contributed by atoms with Gasteiger partial charge in [-0.15, -0.1) is 0 Å². The lowest BCUT2D eigenvalue weighted by Crippen LogP contribution is -2.56. The maximum Gasteiger partial charge on any atom is 0.225 e. The van der Waals surface area contributed by atoms with Crippen molar-refractivity contribution < 1.29 is 4.79 Å². The first-order valence-corrected chi connectivity index (χ1v) is 12.9. The van der Waals surface area contributed by atoms with E-state index in [1.165, 1.54) is 31.2 Å². The summed E-state index contributed by atoms with van der Waals surface area (Å²) >= 11 is 0. The highest BCUT2D eigenvalue weighted by molar-refractivity contribution is 5.83. The van der Waals surface area contributed by atoms with E-state index >= 15 is 0 Å². The quantitative estimate of drug-likeness (QED) is 0.673. The van der Waals surface area contributed by atoms with Crippen LogP contribution in [0.4, 0.5) is 5.95 Å². The van der Waals surface area contributed by atoms with Gasteiger partial charge in [-0.2, -0.15) is 0 Å². The minimum Gasteiger partial charge on any atom is -0.332 e. The van der Waals surface area contributed by atoms with Crippen LogP contribution in [0.1, 0.15) is 71.8 Å². The zero-order valence-electron chi connectivity index (χ0n) is 20.5. The number of ketones is 1. The fourth-order valence-corrected chi connectivity index (χ4v) is 6.76. The van der Waals surface area contributed by atoms with E-state index < -0.39 is 0 Å². The molecule has 6 nitrogen and oxygen atoms in total. The fourth-order valence-electron chi connectivity index (χ4n) is 6.76. The van der Waals surface area contributed by atoms with Crippen LogP contribution in [0.5, 0.6) is 0 Å². The zero-order chi connectivity index (χ0) is 22.5. The SMILES string of the molecule is CC(C)C(=O)C1CC2(CCN(Cc3cnc(N4C5CCC4CN(C(C)C)C5)nc3)CC2)C1. The number of Topliss-reactive ketones (excluding diaryl/α,β-unsaturated/α-hetero) is 1. The molecule has 32 heavy (non-hydrogen) atoms. The van der Waals surface area contributed by atoms with E-state index in [2.05, 4.69) is 40.9 Å². The van der Waals surface area contributed by atoms with E-state index in [0.29, 0.717) is 35.2 Å². The molecule has 1 aliphatic carbocycles. The zero-order valence-corrected chi connectivity index (χ0v) is 20.5. The number of nitrogens with zero attached hydrogens (tertiary/aromatic N) is 5. The normalized spacial score (nSPS) is 28.6. The molecule has 5 rings (SSSR count). The Kier molecular flexibility index (Phi) is 6.04. The molecular formula is C26H41N5O. The lowest BCUT2D eigenvalue weighted by Gasteiger charge is -2.52. The van der Waals surface area contributed by atoms with Gasteiger partial charge in [0.15, 0.2) is 0 Å². The van der Waals surface area contributed by atoms with E-state index in [-0.39, 0.29) is 5.92 Å². The van der Waals surface area contributed by atoms with Crippen molar-refractivity contribution in [2.45, 2.75) is 90.9 Å². The van der Waals surface area contributed by atoms with E-state index in [1.807, 2.05) is 13.8 Å². The average Bonchev–Trinajstić information content (AvgIpc) is 3.01. The Labute approximate surface area is 193 Å². The standard InChI is InChI=1S/C26H41N5O/c1-18(2)24(32)21-11-26(12-21)7-9-29(10-8-26)15-20-13-27-25(28-14-20)31-22-5-6-23(31)17-30(16-22)19(3)4/h13-14,18-19,21-23H,5-12,15-17H2,1-4H3. The number of carbonyl (C=O) groups excluding carboxylic acids is 1. The molecule has 1 saturated carbocycles. The molecule has 2 unspecified atom stereocenters. The lowest BCUT2D eigenvalue weighted by atomic mass is 9.56. The second kappa shape index (κ2) is 8.68. The molecule has 2 atom stereocenters. The van der Waals surface area contributed by atoms with Crippen LogP contribution >= 0.6 is 0 Å². The van der Waals surface area contributed by atoms with Gasteiger partial charge in [0.25, 0.3) is 0 Å². The summed E-state index contributed by atoms with van der Waals surface area (Å²) in [7, 11) is 0.